The number of rotatable bonds is 7. The van der Waals surface area contributed by atoms with Crippen molar-refractivity contribution in [2.75, 3.05) is 12.4 Å². The van der Waals surface area contributed by atoms with Crippen LogP contribution in [0.4, 0.5) is 5.69 Å². The summed E-state index contributed by atoms with van der Waals surface area (Å²) < 4.78 is 5.25. The number of methoxy groups -OCH3 is 1. The molecular weight excluding hydrogens is 332 g/mol. The fourth-order valence-corrected chi connectivity index (χ4v) is 3.30. The van der Waals surface area contributed by atoms with E-state index in [-0.39, 0.29) is 12.0 Å². The second-order valence-corrected chi connectivity index (χ2v) is 6.63. The van der Waals surface area contributed by atoms with Gasteiger partial charge in [-0.1, -0.05) is 54.6 Å². The molecule has 3 aromatic carbocycles. The van der Waals surface area contributed by atoms with Gasteiger partial charge < -0.3 is 10.1 Å². The number of aryl methyl sites for hydroxylation is 1. The third-order valence-corrected chi connectivity index (χ3v) is 4.80. The number of hydrogen-bond acceptors (Lipinski definition) is 3. The molecule has 0 saturated carbocycles. The Labute approximate surface area is 161 Å². The molecule has 2 atom stereocenters. The molecule has 0 aliphatic rings. The van der Waals surface area contributed by atoms with E-state index in [1.165, 1.54) is 11.1 Å². The van der Waals surface area contributed by atoms with Gasteiger partial charge in [-0.25, -0.2) is 0 Å². The Hall–Kier alpha value is -3.25. The minimum Gasteiger partial charge on any atom is -0.497 e. The van der Waals surface area contributed by atoms with E-state index >= 15 is 0 Å². The van der Waals surface area contributed by atoms with Crippen LogP contribution >= 0.6 is 0 Å². The molecule has 0 aromatic heterocycles. The van der Waals surface area contributed by atoms with E-state index < -0.39 is 0 Å². The molecule has 0 aliphatic heterocycles. The van der Waals surface area contributed by atoms with Gasteiger partial charge in [0.1, 0.15) is 5.75 Å². The molecule has 0 aliphatic carbocycles. The maximum absolute atomic E-state index is 9.96. The number of hydrogen-bond donors (Lipinski definition) is 1. The highest BCUT2D eigenvalue weighted by Gasteiger charge is 2.25. The van der Waals surface area contributed by atoms with Gasteiger partial charge >= 0.3 is 0 Å². The fraction of sp³-hybridized carbons (Fsp3) is 0.208. The van der Waals surface area contributed by atoms with Gasteiger partial charge in [0.05, 0.1) is 25.1 Å². The van der Waals surface area contributed by atoms with Crippen molar-refractivity contribution in [3.05, 3.63) is 95.6 Å². The van der Waals surface area contributed by atoms with Crippen molar-refractivity contribution in [1.82, 2.24) is 0 Å². The van der Waals surface area contributed by atoms with E-state index in [0.717, 1.165) is 17.0 Å². The lowest BCUT2D eigenvalue weighted by Crippen LogP contribution is -2.22. The first-order valence-electron chi connectivity index (χ1n) is 9.11. The molecule has 136 valence electrons. The van der Waals surface area contributed by atoms with Gasteiger partial charge in [-0.05, 0) is 54.3 Å². The minimum absolute atomic E-state index is 0.107. The summed E-state index contributed by atoms with van der Waals surface area (Å²) in [6, 6.07) is 28.7. The molecule has 0 radical (unpaired) electrons. The average molecular weight is 356 g/mol. The summed E-state index contributed by atoms with van der Waals surface area (Å²) >= 11 is 0. The van der Waals surface area contributed by atoms with E-state index in [1.807, 2.05) is 54.6 Å². The lowest BCUT2D eigenvalue weighted by atomic mass is 9.86. The molecule has 0 heterocycles. The Morgan fingerprint density at radius 1 is 0.926 bits per heavy atom. The van der Waals surface area contributed by atoms with Crippen LogP contribution in [0.3, 0.4) is 0 Å². The zero-order chi connectivity index (χ0) is 19.1. The smallest absolute Gasteiger partial charge is 0.119 e. The molecule has 0 spiro atoms. The molecule has 1 N–H and O–H groups in total. The largest absolute Gasteiger partial charge is 0.497 e. The van der Waals surface area contributed by atoms with Crippen LogP contribution in [-0.4, -0.2) is 7.11 Å². The van der Waals surface area contributed by atoms with Gasteiger partial charge in [0.15, 0.2) is 0 Å². The summed E-state index contributed by atoms with van der Waals surface area (Å²) in [5, 5.41) is 13.5. The predicted octanol–water partition coefficient (Wildman–Crippen LogP) is 5.54. The number of nitriles is 1. The van der Waals surface area contributed by atoms with Crippen LogP contribution in [0.25, 0.3) is 0 Å². The van der Waals surface area contributed by atoms with E-state index in [1.54, 1.807) is 7.11 Å². The molecule has 3 heteroatoms. The van der Waals surface area contributed by atoms with E-state index in [9.17, 15) is 5.26 Å². The number of nitrogens with zero attached hydrogens (tertiary/aromatic N) is 1. The van der Waals surface area contributed by atoms with Crippen LogP contribution in [0.15, 0.2) is 78.9 Å². The van der Waals surface area contributed by atoms with Crippen LogP contribution in [0.5, 0.6) is 5.75 Å². The second kappa shape index (κ2) is 8.91. The quantitative estimate of drug-likeness (QED) is 0.604. The van der Waals surface area contributed by atoms with Gasteiger partial charge in [0.25, 0.3) is 0 Å². The summed E-state index contributed by atoms with van der Waals surface area (Å²) in [6.07, 6.45) is 0.694. The molecule has 0 fully saturated rings. The van der Waals surface area contributed by atoms with Crippen LogP contribution in [0.1, 0.15) is 22.7 Å². The monoisotopic (exact) mass is 356 g/mol. The van der Waals surface area contributed by atoms with Crippen molar-refractivity contribution in [3.8, 4) is 11.8 Å². The SMILES string of the molecule is COc1ccc(N[C@H](c2ccccc2C)[C@@H](C#N)Cc2ccccc2)cc1. The Morgan fingerprint density at radius 3 is 2.22 bits per heavy atom. The topological polar surface area (TPSA) is 45.0 Å². The summed E-state index contributed by atoms with van der Waals surface area (Å²) in [5.41, 5.74) is 4.46. The summed E-state index contributed by atoms with van der Waals surface area (Å²) in [5.74, 6) is 0.615. The Bertz CT molecular complexity index is 898. The normalized spacial score (nSPS) is 12.6. The first kappa shape index (κ1) is 18.5. The Kier molecular flexibility index (Phi) is 6.12. The predicted molar refractivity (Wildman–Crippen MR) is 110 cm³/mol. The standard InChI is InChI=1S/C24H24N2O/c1-18-8-6-7-11-23(18)24(26-21-12-14-22(27-2)15-13-21)20(17-25)16-19-9-4-3-5-10-19/h3-15,20,24,26H,16H2,1-2H3/t20-,24+/m1/s1. The van der Waals surface area contributed by atoms with Crippen LogP contribution in [0.2, 0.25) is 0 Å². The molecule has 27 heavy (non-hydrogen) atoms. The first-order chi connectivity index (χ1) is 13.2. The summed E-state index contributed by atoms with van der Waals surface area (Å²) in [4.78, 5) is 0. The maximum Gasteiger partial charge on any atom is 0.119 e. The highest BCUT2D eigenvalue weighted by Crippen LogP contribution is 2.31. The summed E-state index contributed by atoms with van der Waals surface area (Å²) in [6.45, 7) is 2.09. The van der Waals surface area contributed by atoms with Gasteiger partial charge in [-0.3, -0.25) is 0 Å². The fourth-order valence-electron chi connectivity index (χ4n) is 3.30. The van der Waals surface area contributed by atoms with Crippen LogP contribution in [-0.2, 0) is 6.42 Å². The van der Waals surface area contributed by atoms with Gasteiger partial charge in [0.2, 0.25) is 0 Å². The third-order valence-electron chi connectivity index (χ3n) is 4.80. The van der Waals surface area contributed by atoms with E-state index in [4.69, 9.17) is 4.74 Å². The van der Waals surface area contributed by atoms with Gasteiger partial charge in [-0.2, -0.15) is 5.26 Å². The lowest BCUT2D eigenvalue weighted by molar-refractivity contribution is 0.415. The number of benzene rings is 3. The van der Waals surface area contributed by atoms with Crippen molar-refractivity contribution in [1.29, 1.82) is 5.26 Å². The molecule has 3 aromatic rings. The minimum atomic E-state index is -0.199. The van der Waals surface area contributed by atoms with Crippen molar-refractivity contribution in [3.63, 3.8) is 0 Å². The Balaban J connectivity index is 1.93. The second-order valence-electron chi connectivity index (χ2n) is 6.63. The molecule has 3 rings (SSSR count). The molecule has 0 saturated heterocycles. The van der Waals surface area contributed by atoms with Crippen LogP contribution in [0, 0.1) is 24.2 Å². The van der Waals surface area contributed by atoms with E-state index in [0.29, 0.717) is 6.42 Å². The molecule has 3 nitrogen and oxygen atoms in total. The zero-order valence-corrected chi connectivity index (χ0v) is 15.7. The van der Waals surface area contributed by atoms with Crippen molar-refractivity contribution < 1.29 is 4.74 Å². The highest BCUT2D eigenvalue weighted by atomic mass is 16.5. The first-order valence-corrected chi connectivity index (χ1v) is 9.11. The average Bonchev–Trinajstić information content (AvgIpc) is 2.72. The molecule has 0 unspecified atom stereocenters. The molecule has 0 amide bonds. The lowest BCUT2D eigenvalue weighted by Gasteiger charge is -2.26. The molecular formula is C24H24N2O. The number of anilines is 1. The van der Waals surface area contributed by atoms with Gasteiger partial charge in [-0.15, -0.1) is 0 Å². The number of ether oxygens (including phenoxy) is 1. The van der Waals surface area contributed by atoms with Crippen molar-refractivity contribution in [2.24, 2.45) is 5.92 Å². The van der Waals surface area contributed by atoms with Crippen molar-refractivity contribution in [2.45, 2.75) is 19.4 Å². The highest BCUT2D eigenvalue weighted by molar-refractivity contribution is 5.49. The van der Waals surface area contributed by atoms with Crippen LogP contribution < -0.4 is 10.1 Å². The maximum atomic E-state index is 9.96. The Morgan fingerprint density at radius 2 is 1.59 bits per heavy atom. The zero-order valence-electron chi connectivity index (χ0n) is 15.7. The van der Waals surface area contributed by atoms with Gasteiger partial charge in [0, 0.05) is 5.69 Å². The number of nitrogens with one attached hydrogen (secondary N) is 1. The van der Waals surface area contributed by atoms with E-state index in [2.05, 4.69) is 42.6 Å². The molecule has 0 bridgehead atoms. The van der Waals surface area contributed by atoms with Crippen molar-refractivity contribution >= 4 is 5.69 Å². The summed E-state index contributed by atoms with van der Waals surface area (Å²) in [7, 11) is 1.66. The third kappa shape index (κ3) is 4.68.